The average Bonchev–Trinajstić information content (AvgIpc) is 3.04. The molecule has 0 saturated heterocycles. The number of para-hydroxylation sites is 1. The summed E-state index contributed by atoms with van der Waals surface area (Å²) in [7, 11) is 0. The largest absolute Gasteiger partial charge is 0.439 e. The molecule has 1 amide bonds. The Morgan fingerprint density at radius 1 is 0.941 bits per heavy atom. The van der Waals surface area contributed by atoms with Gasteiger partial charge in [0.1, 0.15) is 11.8 Å². The number of carbonyl (C=O) groups is 1. The van der Waals surface area contributed by atoms with Crippen LogP contribution in [-0.2, 0) is 0 Å². The van der Waals surface area contributed by atoms with Crippen LogP contribution in [-0.4, -0.2) is 22.5 Å². The van der Waals surface area contributed by atoms with Crippen LogP contribution in [0.4, 0.5) is 0 Å². The van der Waals surface area contributed by atoms with Gasteiger partial charge >= 0.3 is 0 Å². The zero-order valence-electron chi connectivity index (χ0n) is 18.5. The molecule has 1 unspecified atom stereocenters. The summed E-state index contributed by atoms with van der Waals surface area (Å²) < 4.78 is 6.63. The summed E-state index contributed by atoms with van der Waals surface area (Å²) >= 11 is 6.23. The minimum Gasteiger partial charge on any atom is -0.439 e. The molecule has 0 saturated carbocycles. The van der Waals surface area contributed by atoms with E-state index in [0.717, 1.165) is 41.2 Å². The molecular formula is C29H23ClN2O2. The molecule has 4 nitrogen and oxygen atoms in total. The van der Waals surface area contributed by atoms with E-state index >= 15 is 0 Å². The molecular weight excluding hydrogens is 444 g/mol. The molecule has 0 N–H and O–H groups in total. The van der Waals surface area contributed by atoms with E-state index in [2.05, 4.69) is 18.2 Å². The van der Waals surface area contributed by atoms with Crippen LogP contribution in [0.3, 0.4) is 0 Å². The van der Waals surface area contributed by atoms with Crippen molar-refractivity contribution in [1.82, 2.24) is 10.0 Å². The number of allylic oxidation sites excluding steroid dienone is 4. The number of hydrogen-bond acceptors (Lipinski definition) is 3. The van der Waals surface area contributed by atoms with Crippen LogP contribution >= 0.6 is 11.6 Å². The maximum atomic E-state index is 14.2. The molecule has 0 radical (unpaired) electrons. The number of benzene rings is 3. The lowest BCUT2D eigenvalue weighted by molar-refractivity contribution is -0.0253. The number of halogens is 1. The number of hydrogen-bond donors (Lipinski definition) is 0. The molecule has 168 valence electrons. The Labute approximate surface area is 204 Å². The Bertz CT molecular complexity index is 1340. The Morgan fingerprint density at radius 2 is 1.71 bits per heavy atom. The van der Waals surface area contributed by atoms with Crippen LogP contribution in [0.5, 0.6) is 5.75 Å². The Hall–Kier alpha value is -3.76. The van der Waals surface area contributed by atoms with Crippen molar-refractivity contribution in [3.63, 3.8) is 0 Å². The lowest BCUT2D eigenvalue weighted by Crippen LogP contribution is -2.50. The molecule has 1 aliphatic carbocycles. The van der Waals surface area contributed by atoms with E-state index < -0.39 is 0 Å². The standard InChI is InChI=1S/C29H23ClN2O2/c30-23-16-14-21(15-17-23)27-25-12-6-7-13-26(25)34-29-24-11-5-4-8-20(24)18-19-31(29)32(27)28(33)22-9-2-1-3-10-22/h1-10,12-17,27H,11,18-19H2. The van der Waals surface area contributed by atoms with E-state index in [4.69, 9.17) is 16.3 Å². The first kappa shape index (κ1) is 20.8. The molecule has 3 aliphatic rings. The van der Waals surface area contributed by atoms with Gasteiger partial charge in [0.05, 0.1) is 0 Å². The highest BCUT2D eigenvalue weighted by Gasteiger charge is 2.41. The van der Waals surface area contributed by atoms with Gasteiger partial charge in [0.15, 0.2) is 0 Å². The molecule has 3 aromatic rings. The van der Waals surface area contributed by atoms with Gasteiger partial charge in [0.25, 0.3) is 5.91 Å². The number of hydrazine groups is 1. The van der Waals surface area contributed by atoms with Crippen LogP contribution in [0, 0.1) is 0 Å². The Morgan fingerprint density at radius 3 is 2.53 bits per heavy atom. The first-order valence-electron chi connectivity index (χ1n) is 11.5. The van der Waals surface area contributed by atoms with Crippen molar-refractivity contribution >= 4 is 17.5 Å². The van der Waals surface area contributed by atoms with Gasteiger partial charge in [-0.05, 0) is 54.3 Å². The average molecular weight is 467 g/mol. The van der Waals surface area contributed by atoms with Crippen molar-refractivity contribution in [2.75, 3.05) is 6.54 Å². The summed E-state index contributed by atoms with van der Waals surface area (Å²) in [5.41, 5.74) is 4.94. The fourth-order valence-electron chi connectivity index (χ4n) is 4.94. The van der Waals surface area contributed by atoms with Crippen LogP contribution in [0.2, 0.25) is 5.02 Å². The third-order valence-electron chi connectivity index (χ3n) is 6.57. The van der Waals surface area contributed by atoms with E-state index in [1.165, 1.54) is 5.57 Å². The van der Waals surface area contributed by atoms with Crippen LogP contribution in [0.25, 0.3) is 0 Å². The third-order valence-corrected chi connectivity index (χ3v) is 6.82. The summed E-state index contributed by atoms with van der Waals surface area (Å²) in [6.07, 6.45) is 8.01. The lowest BCUT2D eigenvalue weighted by atomic mass is 9.93. The van der Waals surface area contributed by atoms with Gasteiger partial charge in [-0.25, -0.2) is 10.0 Å². The topological polar surface area (TPSA) is 32.8 Å². The summed E-state index contributed by atoms with van der Waals surface area (Å²) in [5, 5.41) is 4.58. The van der Waals surface area contributed by atoms with E-state index in [1.54, 1.807) is 0 Å². The maximum Gasteiger partial charge on any atom is 0.273 e. The SMILES string of the molecule is O=C(c1ccccc1)N1C(c2ccc(Cl)cc2)c2ccccc2OC2=C3CC=CC=C3CCN21. The third kappa shape index (κ3) is 3.51. The van der Waals surface area contributed by atoms with Gasteiger partial charge < -0.3 is 4.74 Å². The second-order valence-electron chi connectivity index (χ2n) is 8.59. The maximum absolute atomic E-state index is 14.2. The second kappa shape index (κ2) is 8.54. The van der Waals surface area contributed by atoms with E-state index in [9.17, 15) is 4.79 Å². The van der Waals surface area contributed by atoms with Crippen molar-refractivity contribution in [3.8, 4) is 5.75 Å². The zero-order valence-corrected chi connectivity index (χ0v) is 19.3. The molecule has 0 bridgehead atoms. The highest BCUT2D eigenvalue weighted by atomic mass is 35.5. The number of fused-ring (bicyclic) bond motifs is 3. The van der Waals surface area contributed by atoms with Crippen molar-refractivity contribution < 1.29 is 9.53 Å². The molecule has 2 heterocycles. The first-order chi connectivity index (χ1) is 16.7. The minimum atomic E-state index is -0.371. The molecule has 0 fully saturated rings. The highest BCUT2D eigenvalue weighted by molar-refractivity contribution is 6.30. The number of nitrogens with zero attached hydrogens (tertiary/aromatic N) is 2. The van der Waals surface area contributed by atoms with E-state index in [1.807, 2.05) is 88.9 Å². The summed E-state index contributed by atoms with van der Waals surface area (Å²) in [6, 6.07) is 24.8. The van der Waals surface area contributed by atoms with E-state index in [-0.39, 0.29) is 11.9 Å². The molecule has 0 aromatic heterocycles. The van der Waals surface area contributed by atoms with Crippen molar-refractivity contribution in [2.24, 2.45) is 0 Å². The first-order valence-corrected chi connectivity index (χ1v) is 11.9. The van der Waals surface area contributed by atoms with Crippen molar-refractivity contribution in [1.29, 1.82) is 0 Å². The van der Waals surface area contributed by atoms with Gasteiger partial charge in [-0.3, -0.25) is 4.79 Å². The molecule has 5 heteroatoms. The van der Waals surface area contributed by atoms with Gasteiger partial charge in [-0.2, -0.15) is 0 Å². The predicted molar refractivity (Wildman–Crippen MR) is 133 cm³/mol. The van der Waals surface area contributed by atoms with Gasteiger partial charge in [0, 0.05) is 28.3 Å². The monoisotopic (exact) mass is 466 g/mol. The Balaban J connectivity index is 1.60. The summed E-state index contributed by atoms with van der Waals surface area (Å²) in [4.78, 5) is 14.2. The minimum absolute atomic E-state index is 0.0715. The van der Waals surface area contributed by atoms with Gasteiger partial charge in [0.2, 0.25) is 5.88 Å². The normalized spacial score (nSPS) is 18.9. The molecule has 2 aliphatic heterocycles. The lowest BCUT2D eigenvalue weighted by Gasteiger charge is -2.43. The summed E-state index contributed by atoms with van der Waals surface area (Å²) in [6.45, 7) is 0.648. The number of rotatable bonds is 2. The van der Waals surface area contributed by atoms with E-state index in [0.29, 0.717) is 17.1 Å². The number of ether oxygens (including phenoxy) is 1. The zero-order chi connectivity index (χ0) is 23.1. The van der Waals surface area contributed by atoms with Crippen LogP contribution in [0.1, 0.15) is 40.4 Å². The van der Waals surface area contributed by atoms with Crippen LogP contribution < -0.4 is 4.74 Å². The summed E-state index contributed by atoms with van der Waals surface area (Å²) in [5.74, 6) is 1.42. The molecule has 6 rings (SSSR count). The second-order valence-corrected chi connectivity index (χ2v) is 9.03. The number of amides is 1. The molecule has 0 spiro atoms. The van der Waals surface area contributed by atoms with Gasteiger partial charge in [-0.1, -0.05) is 78.4 Å². The van der Waals surface area contributed by atoms with Crippen molar-refractivity contribution in [2.45, 2.75) is 18.9 Å². The van der Waals surface area contributed by atoms with Crippen molar-refractivity contribution in [3.05, 3.63) is 136 Å². The smallest absolute Gasteiger partial charge is 0.273 e. The fraction of sp³-hybridized carbons (Fsp3) is 0.138. The highest BCUT2D eigenvalue weighted by Crippen LogP contribution is 2.45. The quantitative estimate of drug-likeness (QED) is 0.422. The molecule has 34 heavy (non-hydrogen) atoms. The van der Waals surface area contributed by atoms with Crippen LogP contribution in [0.15, 0.2) is 114 Å². The number of carbonyl (C=O) groups excluding carboxylic acids is 1. The predicted octanol–water partition coefficient (Wildman–Crippen LogP) is 6.68. The Kier molecular flexibility index (Phi) is 5.23. The van der Waals surface area contributed by atoms with Gasteiger partial charge in [-0.15, -0.1) is 0 Å². The molecule has 3 aromatic carbocycles. The fourth-order valence-corrected chi connectivity index (χ4v) is 5.07. The molecule has 1 atom stereocenters.